The highest BCUT2D eigenvalue weighted by molar-refractivity contribution is 8.17. The third-order valence-electron chi connectivity index (χ3n) is 19.8. The fourth-order valence-corrected chi connectivity index (χ4v) is 19.2. The van der Waals surface area contributed by atoms with E-state index in [9.17, 15) is 0 Å². The highest BCUT2D eigenvalue weighted by Gasteiger charge is 2.34. The Morgan fingerprint density at radius 1 is 0.253 bits per heavy atom. The van der Waals surface area contributed by atoms with Crippen LogP contribution in [0.4, 0.5) is 0 Å². The van der Waals surface area contributed by atoms with Gasteiger partial charge in [-0.05, 0) is 132 Å². The molecule has 0 N–H and O–H groups in total. The van der Waals surface area contributed by atoms with Crippen molar-refractivity contribution in [3.8, 4) is 107 Å². The zero-order valence-corrected chi connectivity index (χ0v) is 55.0. The number of para-hydroxylation sites is 1. The highest BCUT2D eigenvalue weighted by Crippen LogP contribution is 2.66. The van der Waals surface area contributed by atoms with Gasteiger partial charge in [0, 0.05) is 90.9 Å². The molecule has 1 unspecified atom stereocenters. The van der Waals surface area contributed by atoms with Gasteiger partial charge in [-0.25, -0.2) is 24.9 Å². The summed E-state index contributed by atoms with van der Waals surface area (Å²) in [5.41, 5.74) is 18.1. The van der Waals surface area contributed by atoms with Crippen LogP contribution < -0.4 is 0 Å². The average molecular weight is 1300 g/mol. The van der Waals surface area contributed by atoms with E-state index in [1.807, 2.05) is 53.8 Å². The van der Waals surface area contributed by atoms with Crippen LogP contribution in [0.2, 0.25) is 0 Å². The number of aromatic nitrogens is 6. The summed E-state index contributed by atoms with van der Waals surface area (Å²) in [6.07, 6.45) is 0. The maximum absolute atomic E-state index is 5.43. The lowest BCUT2D eigenvalue weighted by atomic mass is 9.88. The molecule has 0 spiro atoms. The SMILES string of the molecule is c1ccc(-c2cc(-c3cccc4sc5cccc(-c6ccc7c(c6)c6ccccc6n7-c6cccc([SH]7c8cccc(-c9ccc%10c%11ccccc%11c%11ccccc%11c%10c9)c8-c8c(-c9nc(-c%10ccccc%10)nc(-c%10ccccc%10)n9)cccc87)c6)c5c34)nc(-c3ccccc3)n2)cc1. The molecule has 0 fully saturated rings. The van der Waals surface area contributed by atoms with Crippen molar-refractivity contribution in [3.63, 3.8) is 0 Å². The summed E-state index contributed by atoms with van der Waals surface area (Å²) in [6, 6.07) is 121. The Labute approximate surface area is 577 Å². The van der Waals surface area contributed by atoms with E-state index in [-0.39, 0.29) is 0 Å². The van der Waals surface area contributed by atoms with Crippen LogP contribution in [-0.4, -0.2) is 29.5 Å². The molecule has 0 radical (unpaired) electrons. The monoisotopic (exact) mass is 1300 g/mol. The second-order valence-electron chi connectivity index (χ2n) is 25.4. The molecule has 6 nitrogen and oxygen atoms in total. The molecule has 0 aliphatic carbocycles. The number of benzene rings is 15. The first-order chi connectivity index (χ1) is 49.1. The van der Waals surface area contributed by atoms with Gasteiger partial charge >= 0.3 is 0 Å². The first kappa shape index (κ1) is 56.8. The fourth-order valence-electron chi connectivity index (χ4n) is 15.4. The van der Waals surface area contributed by atoms with Gasteiger partial charge in [-0.1, -0.05) is 261 Å². The Morgan fingerprint density at radius 2 is 0.697 bits per heavy atom. The number of hydrogen-bond donors (Lipinski definition) is 1. The molecule has 1 aliphatic rings. The van der Waals surface area contributed by atoms with Crippen molar-refractivity contribution in [1.82, 2.24) is 29.5 Å². The van der Waals surface area contributed by atoms with Crippen LogP contribution in [0, 0.1) is 0 Å². The summed E-state index contributed by atoms with van der Waals surface area (Å²) in [5.74, 6) is 2.60. The van der Waals surface area contributed by atoms with E-state index < -0.39 is 10.9 Å². The molecule has 0 bridgehead atoms. The van der Waals surface area contributed by atoms with Crippen LogP contribution >= 0.6 is 22.2 Å². The molecule has 0 saturated carbocycles. The zero-order chi connectivity index (χ0) is 65.1. The van der Waals surface area contributed by atoms with E-state index in [2.05, 4.69) is 296 Å². The van der Waals surface area contributed by atoms with Crippen molar-refractivity contribution in [1.29, 1.82) is 0 Å². The second-order valence-corrected chi connectivity index (χ2v) is 28.6. The maximum atomic E-state index is 5.43. The van der Waals surface area contributed by atoms with Crippen molar-refractivity contribution < 1.29 is 0 Å². The topological polar surface area (TPSA) is 69.4 Å². The summed E-state index contributed by atoms with van der Waals surface area (Å²) in [7, 11) is -1.15. The number of thiol groups is 1. The Morgan fingerprint density at radius 3 is 1.34 bits per heavy atom. The lowest BCUT2D eigenvalue weighted by Crippen LogP contribution is -2.01. The number of rotatable bonds is 10. The first-order valence-electron chi connectivity index (χ1n) is 33.5. The number of fused-ring (bicyclic) bond motifs is 15. The minimum atomic E-state index is -1.15. The molecule has 20 rings (SSSR count). The van der Waals surface area contributed by atoms with Crippen LogP contribution in [-0.2, 0) is 0 Å². The molecule has 5 heterocycles. The Kier molecular flexibility index (Phi) is 13.3. The lowest BCUT2D eigenvalue weighted by Gasteiger charge is -2.21. The molecule has 1 atom stereocenters. The van der Waals surface area contributed by atoms with Crippen LogP contribution in [0.15, 0.2) is 348 Å². The van der Waals surface area contributed by atoms with Crippen LogP contribution in [0.25, 0.3) is 181 Å². The smallest absolute Gasteiger partial charge is 0.164 e. The van der Waals surface area contributed by atoms with Gasteiger partial charge in [0.25, 0.3) is 0 Å². The fraction of sp³-hybridized carbons (Fsp3) is 0. The lowest BCUT2D eigenvalue weighted by molar-refractivity contribution is 1.07. The van der Waals surface area contributed by atoms with Gasteiger partial charge in [0.1, 0.15) is 0 Å². The summed E-state index contributed by atoms with van der Waals surface area (Å²) < 4.78 is 4.92. The average Bonchev–Trinajstić information content (AvgIpc) is 1.57. The van der Waals surface area contributed by atoms with Crippen molar-refractivity contribution >= 4 is 96.5 Å². The number of thiophene rings is 1. The largest absolute Gasteiger partial charge is 0.309 e. The van der Waals surface area contributed by atoms with E-state index in [1.54, 1.807) is 0 Å². The number of nitrogens with zero attached hydrogens (tertiary/aromatic N) is 6. The van der Waals surface area contributed by atoms with Gasteiger partial charge in [-0.2, -0.15) is 10.9 Å². The molecule has 8 heteroatoms. The highest BCUT2D eigenvalue weighted by atomic mass is 32.2. The zero-order valence-electron chi connectivity index (χ0n) is 53.3. The molecular formula is C91H56N6S2. The summed E-state index contributed by atoms with van der Waals surface area (Å²) in [6.45, 7) is 0. The molecule has 0 amide bonds. The molecule has 15 aromatic carbocycles. The third-order valence-corrected chi connectivity index (χ3v) is 23.4. The Bertz CT molecular complexity index is 6330. The Hall–Kier alpha value is -12.5. The molecule has 99 heavy (non-hydrogen) atoms. The predicted molar refractivity (Wildman–Crippen MR) is 414 cm³/mol. The Balaban J connectivity index is 0.759. The molecular weight excluding hydrogens is 1240 g/mol. The minimum Gasteiger partial charge on any atom is -0.309 e. The number of hydrogen-bond acceptors (Lipinski definition) is 6. The molecule has 462 valence electrons. The van der Waals surface area contributed by atoms with Gasteiger partial charge in [0.2, 0.25) is 0 Å². The maximum Gasteiger partial charge on any atom is 0.164 e. The van der Waals surface area contributed by atoms with Crippen molar-refractivity contribution in [3.05, 3.63) is 334 Å². The molecule has 4 aromatic heterocycles. The van der Waals surface area contributed by atoms with E-state index in [0.29, 0.717) is 23.3 Å². The van der Waals surface area contributed by atoms with Gasteiger partial charge in [0.15, 0.2) is 23.3 Å². The third kappa shape index (κ3) is 9.36. The van der Waals surface area contributed by atoms with Crippen LogP contribution in [0.3, 0.4) is 0 Å². The van der Waals surface area contributed by atoms with Crippen LogP contribution in [0.1, 0.15) is 0 Å². The molecule has 1 aliphatic heterocycles. The van der Waals surface area contributed by atoms with E-state index in [4.69, 9.17) is 24.9 Å². The molecule has 19 aromatic rings. The van der Waals surface area contributed by atoms with Gasteiger partial charge in [-0.15, -0.1) is 11.3 Å². The van der Waals surface area contributed by atoms with Crippen molar-refractivity contribution in [2.24, 2.45) is 0 Å². The normalized spacial score (nSPS) is 13.1. The van der Waals surface area contributed by atoms with Gasteiger partial charge in [-0.3, -0.25) is 0 Å². The second kappa shape index (κ2) is 23.1. The van der Waals surface area contributed by atoms with Gasteiger partial charge in [0.05, 0.1) is 22.4 Å². The molecule has 0 saturated heterocycles. The van der Waals surface area contributed by atoms with Crippen molar-refractivity contribution in [2.45, 2.75) is 14.7 Å². The standard InChI is InChI=1S/C91H56N6S2/c1-5-24-56(25-6-1)76-55-77(93-88(92-76)57-26-7-2-8-27-57)72-41-21-45-81-85(72)84-64(39-20-44-80(84)98-81)61-49-51-79-75(53-61)71-38-17-18-43-78(71)97(79)62-32-19-33-63(54-62)99-82-46-22-40-65(60-48-50-70-68-36-14-13-34-66(68)67-35-15-16-37-69(67)74(70)52-60)86(82)87-73(42-23-47-83(87)99)91-95-89(58-28-9-3-10-29-58)94-90(96-91)59-30-11-4-12-31-59/h1-55,99H. The minimum absolute atomic E-state index is 0.630. The van der Waals surface area contributed by atoms with Crippen molar-refractivity contribution in [2.75, 3.05) is 0 Å². The van der Waals surface area contributed by atoms with E-state index in [1.165, 1.54) is 94.6 Å². The summed E-state index contributed by atoms with van der Waals surface area (Å²) in [5, 5.41) is 12.3. The van der Waals surface area contributed by atoms with E-state index >= 15 is 0 Å². The van der Waals surface area contributed by atoms with Gasteiger partial charge < -0.3 is 4.57 Å². The first-order valence-corrected chi connectivity index (χ1v) is 35.6. The predicted octanol–water partition coefficient (Wildman–Crippen LogP) is 24.4. The summed E-state index contributed by atoms with van der Waals surface area (Å²) >= 11 is 1.84. The van der Waals surface area contributed by atoms with Crippen LogP contribution in [0.5, 0.6) is 0 Å². The quantitative estimate of drug-likeness (QED) is 0.109. The summed E-state index contributed by atoms with van der Waals surface area (Å²) in [4.78, 5) is 30.4. The van der Waals surface area contributed by atoms with E-state index in [0.717, 1.165) is 78.2 Å².